The Morgan fingerprint density at radius 2 is 1.51 bits per heavy atom. The first-order chi connectivity index (χ1) is 22.0. The van der Waals surface area contributed by atoms with E-state index < -0.39 is 0 Å². The van der Waals surface area contributed by atoms with Gasteiger partial charge in [0.15, 0.2) is 11.5 Å². The van der Waals surface area contributed by atoms with Gasteiger partial charge in [0.2, 0.25) is 0 Å². The van der Waals surface area contributed by atoms with Crippen molar-refractivity contribution in [3.63, 3.8) is 0 Å². The minimum absolute atomic E-state index is 0.0786. The van der Waals surface area contributed by atoms with Gasteiger partial charge in [0.1, 0.15) is 0 Å². The lowest BCUT2D eigenvalue weighted by Crippen LogP contribution is -2.31. The van der Waals surface area contributed by atoms with Crippen LogP contribution in [-0.4, -0.2) is 48.0 Å². The van der Waals surface area contributed by atoms with Crippen molar-refractivity contribution in [1.29, 1.82) is 0 Å². The summed E-state index contributed by atoms with van der Waals surface area (Å²) in [6, 6.07) is 21.8. The second kappa shape index (κ2) is 15.6. The summed E-state index contributed by atoms with van der Waals surface area (Å²) in [7, 11) is 1.67. The minimum Gasteiger partial charge on any atom is -0.493 e. The van der Waals surface area contributed by atoms with Crippen molar-refractivity contribution >= 4 is 28.4 Å². The standard InChI is InChI=1S/C38H45N3O4/c1-27-22-23-39-35-32(40-28(2)16-15-24-41-37(42)30-20-12-13-21-31(30)38(41)43)26-33(44-3)36(34(27)35)45-25-14-7-5-4-6-9-17-29-18-10-8-11-19-29/h8,10-13,18-23,26,28,40H,4-7,9,14-17,24-25H2,1-3H3. The molecule has 5 rings (SSSR count). The number of ether oxygens (including phenoxy) is 2. The summed E-state index contributed by atoms with van der Waals surface area (Å²) in [5.41, 5.74) is 5.20. The Balaban J connectivity index is 1.12. The van der Waals surface area contributed by atoms with E-state index in [0.29, 0.717) is 36.4 Å². The third-order valence-corrected chi connectivity index (χ3v) is 8.61. The third-order valence-electron chi connectivity index (χ3n) is 8.61. The molecule has 1 aliphatic rings. The number of unbranched alkanes of at least 4 members (excludes halogenated alkanes) is 5. The van der Waals surface area contributed by atoms with E-state index in [9.17, 15) is 9.59 Å². The number of methoxy groups -OCH3 is 1. The molecule has 1 aromatic heterocycles. The highest BCUT2D eigenvalue weighted by molar-refractivity contribution is 6.21. The summed E-state index contributed by atoms with van der Waals surface area (Å²) >= 11 is 0. The molecule has 7 nitrogen and oxygen atoms in total. The lowest BCUT2D eigenvalue weighted by Gasteiger charge is -2.21. The Morgan fingerprint density at radius 1 is 0.844 bits per heavy atom. The molecule has 1 atom stereocenters. The molecule has 0 spiro atoms. The zero-order valence-corrected chi connectivity index (χ0v) is 26.8. The lowest BCUT2D eigenvalue weighted by atomic mass is 10.0. The molecule has 7 heteroatoms. The van der Waals surface area contributed by atoms with E-state index in [1.165, 1.54) is 36.1 Å². The van der Waals surface area contributed by atoms with E-state index in [2.05, 4.69) is 49.5 Å². The first kappa shape index (κ1) is 32.0. The highest BCUT2D eigenvalue weighted by atomic mass is 16.5. The van der Waals surface area contributed by atoms with Gasteiger partial charge in [0.25, 0.3) is 11.8 Å². The summed E-state index contributed by atoms with van der Waals surface area (Å²) in [5.74, 6) is 1.01. The number of fused-ring (bicyclic) bond motifs is 2. The molecule has 0 saturated heterocycles. The molecule has 1 aliphatic heterocycles. The molecule has 0 bridgehead atoms. The van der Waals surface area contributed by atoms with Crippen LogP contribution in [0.25, 0.3) is 10.9 Å². The largest absolute Gasteiger partial charge is 0.493 e. The summed E-state index contributed by atoms with van der Waals surface area (Å²) in [6.45, 7) is 5.19. The number of pyridine rings is 1. The van der Waals surface area contributed by atoms with Crippen molar-refractivity contribution in [2.75, 3.05) is 25.6 Å². The summed E-state index contributed by atoms with van der Waals surface area (Å²) in [6.07, 6.45) is 11.5. The number of hydrogen-bond acceptors (Lipinski definition) is 6. The topological polar surface area (TPSA) is 80.8 Å². The quantitative estimate of drug-likeness (QED) is 0.0959. The van der Waals surface area contributed by atoms with Gasteiger partial charge in [-0.3, -0.25) is 19.5 Å². The monoisotopic (exact) mass is 607 g/mol. The number of imide groups is 1. The molecule has 2 heterocycles. The van der Waals surface area contributed by atoms with E-state index in [4.69, 9.17) is 14.5 Å². The van der Waals surface area contributed by atoms with Crippen LogP contribution < -0.4 is 14.8 Å². The van der Waals surface area contributed by atoms with E-state index in [1.807, 2.05) is 18.3 Å². The van der Waals surface area contributed by atoms with Gasteiger partial charge in [-0.1, -0.05) is 68.1 Å². The number of anilines is 1. The fourth-order valence-electron chi connectivity index (χ4n) is 6.13. The first-order valence-corrected chi connectivity index (χ1v) is 16.3. The van der Waals surface area contributed by atoms with Crippen molar-refractivity contribution in [2.45, 2.75) is 77.7 Å². The fraction of sp³-hybridized carbons (Fsp3) is 0.395. The van der Waals surface area contributed by atoms with Crippen LogP contribution in [0, 0.1) is 6.92 Å². The molecular formula is C38H45N3O4. The van der Waals surface area contributed by atoms with Gasteiger partial charge in [-0.2, -0.15) is 0 Å². The van der Waals surface area contributed by atoms with Crippen LogP contribution >= 0.6 is 0 Å². The summed E-state index contributed by atoms with van der Waals surface area (Å²) < 4.78 is 12.2. The average Bonchev–Trinajstić information content (AvgIpc) is 3.30. The Labute approximate surface area is 267 Å². The Bertz CT molecular complexity index is 1570. The van der Waals surface area contributed by atoms with Crippen molar-refractivity contribution in [2.24, 2.45) is 0 Å². The minimum atomic E-state index is -0.207. The number of hydrogen-bond donors (Lipinski definition) is 1. The number of aryl methyl sites for hydroxylation is 2. The number of carbonyl (C=O) groups is 2. The number of amides is 2. The molecule has 1 unspecified atom stereocenters. The molecule has 0 saturated carbocycles. The van der Waals surface area contributed by atoms with Gasteiger partial charge in [-0.05, 0) is 75.3 Å². The molecule has 2 amide bonds. The predicted molar refractivity (Wildman–Crippen MR) is 181 cm³/mol. The normalized spacial score (nSPS) is 13.3. The number of carbonyl (C=O) groups excluding carboxylic acids is 2. The van der Waals surface area contributed by atoms with Crippen LogP contribution in [0.4, 0.5) is 5.69 Å². The number of benzene rings is 3. The van der Waals surface area contributed by atoms with Crippen molar-refractivity contribution in [3.05, 3.63) is 95.2 Å². The van der Waals surface area contributed by atoms with Gasteiger partial charge in [-0.15, -0.1) is 0 Å². The molecule has 1 N–H and O–H groups in total. The maximum atomic E-state index is 12.7. The van der Waals surface area contributed by atoms with Gasteiger partial charge in [0.05, 0.1) is 41.4 Å². The molecule has 4 aromatic rings. The van der Waals surface area contributed by atoms with Gasteiger partial charge < -0.3 is 14.8 Å². The molecule has 0 aliphatic carbocycles. The van der Waals surface area contributed by atoms with Gasteiger partial charge >= 0.3 is 0 Å². The Kier molecular flexibility index (Phi) is 11.1. The van der Waals surface area contributed by atoms with E-state index in [-0.39, 0.29) is 17.9 Å². The van der Waals surface area contributed by atoms with Crippen LogP contribution in [0.5, 0.6) is 11.5 Å². The van der Waals surface area contributed by atoms with E-state index in [1.54, 1.807) is 31.4 Å². The summed E-state index contributed by atoms with van der Waals surface area (Å²) in [4.78, 5) is 31.5. The van der Waals surface area contributed by atoms with E-state index in [0.717, 1.165) is 53.6 Å². The number of nitrogens with zero attached hydrogens (tertiary/aromatic N) is 2. The van der Waals surface area contributed by atoms with Crippen molar-refractivity contribution in [1.82, 2.24) is 9.88 Å². The van der Waals surface area contributed by atoms with Crippen LogP contribution in [0.15, 0.2) is 72.9 Å². The first-order valence-electron chi connectivity index (χ1n) is 16.3. The molecule has 0 radical (unpaired) electrons. The van der Waals surface area contributed by atoms with E-state index >= 15 is 0 Å². The average molecular weight is 608 g/mol. The number of rotatable bonds is 17. The smallest absolute Gasteiger partial charge is 0.261 e. The van der Waals surface area contributed by atoms with Gasteiger partial charge in [0, 0.05) is 24.8 Å². The molecule has 3 aromatic carbocycles. The second-order valence-corrected chi connectivity index (χ2v) is 12.0. The number of nitrogens with one attached hydrogen (secondary N) is 1. The fourth-order valence-corrected chi connectivity index (χ4v) is 6.13. The zero-order chi connectivity index (χ0) is 31.6. The Morgan fingerprint density at radius 3 is 2.22 bits per heavy atom. The number of aromatic nitrogens is 1. The summed E-state index contributed by atoms with van der Waals surface area (Å²) in [5, 5.41) is 4.56. The van der Waals surface area contributed by atoms with Crippen LogP contribution in [0.2, 0.25) is 0 Å². The molecule has 45 heavy (non-hydrogen) atoms. The van der Waals surface area contributed by atoms with Gasteiger partial charge in [-0.25, -0.2) is 0 Å². The molecule has 236 valence electrons. The van der Waals surface area contributed by atoms with Crippen molar-refractivity contribution < 1.29 is 19.1 Å². The maximum Gasteiger partial charge on any atom is 0.261 e. The predicted octanol–water partition coefficient (Wildman–Crippen LogP) is 8.39. The second-order valence-electron chi connectivity index (χ2n) is 12.0. The highest BCUT2D eigenvalue weighted by Crippen LogP contribution is 2.41. The van der Waals surface area contributed by atoms with Crippen LogP contribution in [0.1, 0.15) is 90.1 Å². The SMILES string of the molecule is COc1cc(NC(C)CCCN2C(=O)c3ccccc3C2=O)c2nccc(C)c2c1OCCCCCCCCc1ccccc1. The molecular weight excluding hydrogens is 562 g/mol. The Hall–Kier alpha value is -4.39. The highest BCUT2D eigenvalue weighted by Gasteiger charge is 2.34. The maximum absolute atomic E-state index is 12.7. The van der Waals surface area contributed by atoms with Crippen LogP contribution in [-0.2, 0) is 6.42 Å². The van der Waals surface area contributed by atoms with Crippen LogP contribution in [0.3, 0.4) is 0 Å². The zero-order valence-electron chi connectivity index (χ0n) is 26.8. The molecule has 0 fully saturated rings. The third kappa shape index (κ3) is 7.83. The lowest BCUT2D eigenvalue weighted by molar-refractivity contribution is 0.0651. The van der Waals surface area contributed by atoms with Crippen molar-refractivity contribution in [3.8, 4) is 11.5 Å².